The summed E-state index contributed by atoms with van der Waals surface area (Å²) in [5.41, 5.74) is 2.23. The number of benzene rings is 1. The fraction of sp³-hybridized carbons (Fsp3) is 0.300. The second-order valence-electron chi connectivity index (χ2n) is 2.91. The molecule has 1 aromatic rings. The van der Waals surface area contributed by atoms with E-state index in [0.717, 1.165) is 11.1 Å². The van der Waals surface area contributed by atoms with Gasteiger partial charge in [0.15, 0.2) is 0 Å². The van der Waals surface area contributed by atoms with Gasteiger partial charge in [0, 0.05) is 0 Å². The Kier molecular flexibility index (Phi) is 2.90. The Balaban J connectivity index is 2.68. The summed E-state index contributed by atoms with van der Waals surface area (Å²) in [6.45, 7) is 3.53. The van der Waals surface area contributed by atoms with E-state index < -0.39 is 12.6 Å². The zero-order valence-corrected chi connectivity index (χ0v) is 7.66. The molecule has 0 aromatic heterocycles. The molecule has 1 rings (SSSR count). The maximum atomic E-state index is 10.1. The third kappa shape index (κ3) is 2.78. The maximum absolute atomic E-state index is 10.1. The van der Waals surface area contributed by atoms with Gasteiger partial charge >= 0.3 is 0 Å². The van der Waals surface area contributed by atoms with Crippen molar-refractivity contribution in [1.82, 2.24) is 0 Å². The van der Waals surface area contributed by atoms with Gasteiger partial charge in [-0.2, -0.15) is 0 Å². The minimum absolute atomic E-state index is 0.400. The summed E-state index contributed by atoms with van der Waals surface area (Å²) in [7, 11) is 0. The van der Waals surface area contributed by atoms with E-state index in [2.05, 4.69) is 0 Å². The SMILES string of the molecule is Cc1ccc(OCC(=O)[O-])cc1C. The number of aliphatic carboxylic acids is 1. The summed E-state index contributed by atoms with van der Waals surface area (Å²) in [6.07, 6.45) is 0. The molecule has 0 aliphatic rings. The van der Waals surface area contributed by atoms with E-state index in [-0.39, 0.29) is 0 Å². The number of hydrogen-bond acceptors (Lipinski definition) is 3. The van der Waals surface area contributed by atoms with Gasteiger partial charge in [-0.05, 0) is 37.1 Å². The molecule has 0 radical (unpaired) electrons. The van der Waals surface area contributed by atoms with Crippen LogP contribution in [-0.4, -0.2) is 12.6 Å². The van der Waals surface area contributed by atoms with Crippen LogP contribution in [0.25, 0.3) is 0 Å². The molecule has 0 N–H and O–H groups in total. The standard InChI is InChI=1S/C10H12O3/c1-7-3-4-9(5-8(7)2)13-6-10(11)12/h3-5H,6H2,1-2H3,(H,11,12)/p-1. The molecule has 0 saturated heterocycles. The molecule has 0 spiro atoms. The number of carbonyl (C=O) groups is 1. The first-order valence-corrected chi connectivity index (χ1v) is 3.99. The first-order valence-electron chi connectivity index (χ1n) is 3.99. The molecule has 0 amide bonds. The first-order chi connectivity index (χ1) is 6.09. The summed E-state index contributed by atoms with van der Waals surface area (Å²) in [4.78, 5) is 10.1. The van der Waals surface area contributed by atoms with E-state index in [1.54, 1.807) is 12.1 Å². The van der Waals surface area contributed by atoms with E-state index in [0.29, 0.717) is 5.75 Å². The number of ether oxygens (including phenoxy) is 1. The van der Waals surface area contributed by atoms with Gasteiger partial charge < -0.3 is 14.6 Å². The van der Waals surface area contributed by atoms with Crippen LogP contribution in [0.5, 0.6) is 5.75 Å². The van der Waals surface area contributed by atoms with Gasteiger partial charge in [0.25, 0.3) is 0 Å². The lowest BCUT2D eigenvalue weighted by molar-refractivity contribution is -0.307. The Morgan fingerprint density at radius 3 is 2.62 bits per heavy atom. The highest BCUT2D eigenvalue weighted by molar-refractivity contribution is 5.66. The maximum Gasteiger partial charge on any atom is 0.128 e. The minimum atomic E-state index is -1.21. The van der Waals surface area contributed by atoms with Crippen LogP contribution in [0.1, 0.15) is 11.1 Å². The molecule has 1 aromatic carbocycles. The highest BCUT2D eigenvalue weighted by Gasteiger charge is 1.96. The van der Waals surface area contributed by atoms with Gasteiger partial charge in [0.2, 0.25) is 0 Å². The zero-order valence-electron chi connectivity index (χ0n) is 7.66. The average Bonchev–Trinajstić information content (AvgIpc) is 2.07. The Morgan fingerprint density at radius 1 is 1.38 bits per heavy atom. The van der Waals surface area contributed by atoms with Crippen LogP contribution in [0, 0.1) is 13.8 Å². The zero-order chi connectivity index (χ0) is 9.84. The van der Waals surface area contributed by atoms with Crippen molar-refractivity contribution in [3.05, 3.63) is 29.3 Å². The van der Waals surface area contributed by atoms with Crippen molar-refractivity contribution < 1.29 is 14.6 Å². The molecule has 0 bridgehead atoms. The van der Waals surface area contributed by atoms with Gasteiger partial charge in [-0.3, -0.25) is 0 Å². The van der Waals surface area contributed by atoms with Crippen molar-refractivity contribution in [1.29, 1.82) is 0 Å². The number of carbonyl (C=O) groups excluding carboxylic acids is 1. The predicted octanol–water partition coefficient (Wildman–Crippen LogP) is 0.432. The van der Waals surface area contributed by atoms with Crippen LogP contribution in [0.4, 0.5) is 0 Å². The number of aryl methyl sites for hydroxylation is 2. The number of carboxylic acid groups (broad SMARTS) is 1. The summed E-state index contributed by atoms with van der Waals surface area (Å²) >= 11 is 0. The lowest BCUT2D eigenvalue weighted by atomic mass is 10.1. The molecule has 3 heteroatoms. The van der Waals surface area contributed by atoms with E-state index >= 15 is 0 Å². The van der Waals surface area contributed by atoms with Crippen LogP contribution in [0.2, 0.25) is 0 Å². The van der Waals surface area contributed by atoms with Crippen molar-refractivity contribution in [3.63, 3.8) is 0 Å². The number of hydrogen-bond donors (Lipinski definition) is 0. The highest BCUT2D eigenvalue weighted by Crippen LogP contribution is 2.15. The topological polar surface area (TPSA) is 49.4 Å². The minimum Gasteiger partial charge on any atom is -0.546 e. The van der Waals surface area contributed by atoms with E-state index in [4.69, 9.17) is 4.74 Å². The average molecular weight is 179 g/mol. The van der Waals surface area contributed by atoms with Gasteiger partial charge in [-0.15, -0.1) is 0 Å². The summed E-state index contributed by atoms with van der Waals surface area (Å²) in [5.74, 6) is -0.648. The first kappa shape index (κ1) is 9.58. The molecule has 0 fully saturated rings. The molecular weight excluding hydrogens is 168 g/mol. The molecule has 3 nitrogen and oxygen atoms in total. The Morgan fingerprint density at radius 2 is 2.08 bits per heavy atom. The smallest absolute Gasteiger partial charge is 0.128 e. The van der Waals surface area contributed by atoms with Crippen LogP contribution >= 0.6 is 0 Å². The van der Waals surface area contributed by atoms with Crippen LogP contribution < -0.4 is 9.84 Å². The Labute approximate surface area is 77.0 Å². The van der Waals surface area contributed by atoms with Gasteiger partial charge in [-0.25, -0.2) is 0 Å². The van der Waals surface area contributed by atoms with Crippen molar-refractivity contribution in [2.75, 3.05) is 6.61 Å². The number of carboxylic acids is 1. The number of rotatable bonds is 3. The monoisotopic (exact) mass is 179 g/mol. The molecule has 0 atom stereocenters. The Bertz CT molecular complexity index is 318. The van der Waals surface area contributed by atoms with Crippen LogP contribution in [-0.2, 0) is 4.79 Å². The third-order valence-electron chi connectivity index (χ3n) is 1.84. The molecule has 0 heterocycles. The predicted molar refractivity (Wildman–Crippen MR) is 46.4 cm³/mol. The lowest BCUT2D eigenvalue weighted by Gasteiger charge is -2.08. The van der Waals surface area contributed by atoms with Crippen molar-refractivity contribution in [2.24, 2.45) is 0 Å². The van der Waals surface area contributed by atoms with E-state index in [1.165, 1.54) is 0 Å². The molecule has 0 aliphatic carbocycles. The highest BCUT2D eigenvalue weighted by atomic mass is 16.5. The summed E-state index contributed by atoms with van der Waals surface area (Å²) in [5, 5.41) is 10.1. The van der Waals surface area contributed by atoms with Crippen molar-refractivity contribution in [2.45, 2.75) is 13.8 Å². The summed E-state index contributed by atoms with van der Waals surface area (Å²) in [6, 6.07) is 5.43. The largest absolute Gasteiger partial charge is 0.546 e. The summed E-state index contributed by atoms with van der Waals surface area (Å²) < 4.78 is 4.94. The quantitative estimate of drug-likeness (QED) is 0.676. The second-order valence-corrected chi connectivity index (χ2v) is 2.91. The molecule has 13 heavy (non-hydrogen) atoms. The Hall–Kier alpha value is -1.51. The normalized spacial score (nSPS) is 9.69. The molecule has 0 aliphatic heterocycles. The van der Waals surface area contributed by atoms with Crippen molar-refractivity contribution >= 4 is 5.97 Å². The van der Waals surface area contributed by atoms with Gasteiger partial charge in [0.1, 0.15) is 12.4 Å². The van der Waals surface area contributed by atoms with Crippen LogP contribution in [0.3, 0.4) is 0 Å². The van der Waals surface area contributed by atoms with Crippen molar-refractivity contribution in [3.8, 4) is 5.75 Å². The van der Waals surface area contributed by atoms with E-state index in [1.807, 2.05) is 19.9 Å². The molecule has 0 saturated carbocycles. The molecule has 0 unspecified atom stereocenters. The van der Waals surface area contributed by atoms with Gasteiger partial charge in [-0.1, -0.05) is 6.07 Å². The van der Waals surface area contributed by atoms with Gasteiger partial charge in [0.05, 0.1) is 5.97 Å². The second kappa shape index (κ2) is 3.94. The van der Waals surface area contributed by atoms with E-state index in [9.17, 15) is 9.90 Å². The fourth-order valence-corrected chi connectivity index (χ4v) is 0.946. The van der Waals surface area contributed by atoms with Crippen LogP contribution in [0.15, 0.2) is 18.2 Å². The molecular formula is C10H11O3-. The fourth-order valence-electron chi connectivity index (χ4n) is 0.946. The lowest BCUT2D eigenvalue weighted by Crippen LogP contribution is -2.28. The molecule has 70 valence electrons. The third-order valence-corrected chi connectivity index (χ3v) is 1.84.